The monoisotopic (exact) mass is 299 g/mol. The third-order valence-electron chi connectivity index (χ3n) is 4.05. The second kappa shape index (κ2) is 4.63. The third-order valence-corrected chi connectivity index (χ3v) is 4.67. The Bertz CT molecular complexity index is 384. The highest BCUT2D eigenvalue weighted by atomic mass is 79.9. The van der Waals surface area contributed by atoms with Crippen molar-refractivity contribution in [1.29, 1.82) is 0 Å². The summed E-state index contributed by atoms with van der Waals surface area (Å²) in [6, 6.07) is 0.486. The Hall–Kier alpha value is -0.510. The molecule has 0 aliphatic heterocycles. The average Bonchev–Trinajstić information content (AvgIpc) is 2.59. The minimum atomic E-state index is 0.432. The van der Waals surface area contributed by atoms with Gasteiger partial charge in [-0.25, -0.2) is 4.68 Å². The van der Waals surface area contributed by atoms with Gasteiger partial charge in [0.2, 0.25) is 0 Å². The van der Waals surface area contributed by atoms with Gasteiger partial charge in [-0.15, -0.1) is 0 Å². The molecule has 0 radical (unpaired) electrons. The summed E-state index contributed by atoms with van der Waals surface area (Å²) >= 11 is 3.42. The van der Waals surface area contributed by atoms with E-state index in [4.69, 9.17) is 5.73 Å². The molecule has 2 rings (SSSR count). The maximum Gasteiger partial charge on any atom is 0.136 e. The lowest BCUT2D eigenvalue weighted by Crippen LogP contribution is -2.27. The Kier molecular flexibility index (Phi) is 3.53. The SMILES string of the molecule is CC(C)(C)C1CCC(n2ncc(Br)c2N)CC1. The van der Waals surface area contributed by atoms with Crippen LogP contribution in [0.15, 0.2) is 10.7 Å². The topological polar surface area (TPSA) is 43.8 Å². The molecule has 0 unspecified atom stereocenters. The Labute approximate surface area is 112 Å². The molecular formula is C13H22BrN3. The molecule has 4 heteroatoms. The highest BCUT2D eigenvalue weighted by molar-refractivity contribution is 9.10. The van der Waals surface area contributed by atoms with Gasteiger partial charge < -0.3 is 5.73 Å². The van der Waals surface area contributed by atoms with Crippen molar-refractivity contribution in [1.82, 2.24) is 9.78 Å². The first kappa shape index (κ1) is 12.9. The summed E-state index contributed by atoms with van der Waals surface area (Å²) in [6.45, 7) is 7.03. The molecule has 1 aliphatic carbocycles. The minimum Gasteiger partial charge on any atom is -0.383 e. The van der Waals surface area contributed by atoms with Crippen molar-refractivity contribution >= 4 is 21.7 Å². The molecule has 0 bridgehead atoms. The van der Waals surface area contributed by atoms with E-state index in [1.807, 2.05) is 4.68 Å². The first-order valence-corrected chi connectivity index (χ1v) is 7.17. The van der Waals surface area contributed by atoms with E-state index in [1.54, 1.807) is 6.20 Å². The van der Waals surface area contributed by atoms with Crippen molar-refractivity contribution in [2.75, 3.05) is 5.73 Å². The van der Waals surface area contributed by atoms with Crippen LogP contribution >= 0.6 is 15.9 Å². The molecule has 1 saturated carbocycles. The Morgan fingerprint density at radius 2 is 1.88 bits per heavy atom. The number of nitrogens with two attached hydrogens (primary N) is 1. The molecule has 0 spiro atoms. The fourth-order valence-corrected chi connectivity index (χ4v) is 3.10. The zero-order valence-corrected chi connectivity index (χ0v) is 12.5. The Morgan fingerprint density at radius 1 is 1.29 bits per heavy atom. The predicted octanol–water partition coefficient (Wildman–Crippen LogP) is 4.01. The largest absolute Gasteiger partial charge is 0.383 e. The van der Waals surface area contributed by atoms with Crippen molar-refractivity contribution in [3.05, 3.63) is 10.7 Å². The van der Waals surface area contributed by atoms with Crippen molar-refractivity contribution in [3.63, 3.8) is 0 Å². The van der Waals surface area contributed by atoms with Crippen LogP contribution in [0.3, 0.4) is 0 Å². The van der Waals surface area contributed by atoms with Crippen LogP contribution in [0.4, 0.5) is 5.82 Å². The summed E-state index contributed by atoms with van der Waals surface area (Å²) in [5.74, 6) is 1.60. The van der Waals surface area contributed by atoms with Gasteiger partial charge in [0.15, 0.2) is 0 Å². The fraction of sp³-hybridized carbons (Fsp3) is 0.769. The number of hydrogen-bond donors (Lipinski definition) is 1. The summed E-state index contributed by atoms with van der Waals surface area (Å²) in [5, 5.41) is 4.37. The van der Waals surface area contributed by atoms with E-state index in [9.17, 15) is 0 Å². The number of anilines is 1. The lowest BCUT2D eigenvalue weighted by molar-refractivity contribution is 0.148. The first-order valence-electron chi connectivity index (χ1n) is 6.38. The number of hydrogen-bond acceptors (Lipinski definition) is 2. The summed E-state index contributed by atoms with van der Waals surface area (Å²) in [4.78, 5) is 0. The van der Waals surface area contributed by atoms with Gasteiger partial charge >= 0.3 is 0 Å². The second-order valence-corrected chi connectivity index (χ2v) is 7.05. The molecule has 0 atom stereocenters. The summed E-state index contributed by atoms with van der Waals surface area (Å²) in [7, 11) is 0. The van der Waals surface area contributed by atoms with Crippen molar-refractivity contribution < 1.29 is 0 Å². The molecule has 0 saturated heterocycles. The Balaban J connectivity index is 2.02. The van der Waals surface area contributed by atoms with E-state index in [2.05, 4.69) is 41.8 Å². The predicted molar refractivity (Wildman–Crippen MR) is 74.8 cm³/mol. The Morgan fingerprint density at radius 3 is 2.29 bits per heavy atom. The molecule has 1 fully saturated rings. The van der Waals surface area contributed by atoms with Crippen LogP contribution in [0.2, 0.25) is 0 Å². The maximum absolute atomic E-state index is 6.01. The lowest BCUT2D eigenvalue weighted by Gasteiger charge is -2.37. The van der Waals surface area contributed by atoms with E-state index in [0.29, 0.717) is 11.5 Å². The second-order valence-electron chi connectivity index (χ2n) is 6.19. The zero-order valence-electron chi connectivity index (χ0n) is 10.9. The van der Waals surface area contributed by atoms with E-state index in [-0.39, 0.29) is 0 Å². The van der Waals surface area contributed by atoms with Crippen molar-refractivity contribution in [3.8, 4) is 0 Å². The van der Waals surface area contributed by atoms with Crippen molar-refractivity contribution in [2.45, 2.75) is 52.5 Å². The van der Waals surface area contributed by atoms with Crippen LogP contribution in [-0.4, -0.2) is 9.78 Å². The van der Waals surface area contributed by atoms with Crippen LogP contribution in [0.1, 0.15) is 52.5 Å². The third kappa shape index (κ3) is 2.67. The standard InChI is InChI=1S/C13H22BrN3/c1-13(2,3)9-4-6-10(7-5-9)17-12(15)11(14)8-16-17/h8-10H,4-7,15H2,1-3H3. The summed E-state index contributed by atoms with van der Waals surface area (Å²) in [5.41, 5.74) is 6.44. The highest BCUT2D eigenvalue weighted by Crippen LogP contribution is 2.42. The molecule has 1 heterocycles. The van der Waals surface area contributed by atoms with Crippen LogP contribution in [0.25, 0.3) is 0 Å². The number of halogens is 1. The lowest BCUT2D eigenvalue weighted by atomic mass is 9.71. The van der Waals surface area contributed by atoms with Crippen LogP contribution < -0.4 is 5.73 Å². The maximum atomic E-state index is 6.01. The highest BCUT2D eigenvalue weighted by Gasteiger charge is 2.31. The molecule has 17 heavy (non-hydrogen) atoms. The molecule has 3 nitrogen and oxygen atoms in total. The van der Waals surface area contributed by atoms with E-state index < -0.39 is 0 Å². The molecule has 1 aromatic rings. The molecule has 1 aliphatic rings. The first-order chi connectivity index (χ1) is 7.89. The molecular weight excluding hydrogens is 278 g/mol. The van der Waals surface area contributed by atoms with E-state index in [0.717, 1.165) is 16.2 Å². The van der Waals surface area contributed by atoms with Gasteiger partial charge in [0.1, 0.15) is 5.82 Å². The molecule has 96 valence electrons. The number of nitrogens with zero attached hydrogens (tertiary/aromatic N) is 2. The van der Waals surface area contributed by atoms with Crippen LogP contribution in [-0.2, 0) is 0 Å². The number of nitrogen functional groups attached to an aromatic ring is 1. The van der Waals surface area contributed by atoms with Crippen molar-refractivity contribution in [2.24, 2.45) is 11.3 Å². The summed E-state index contributed by atoms with van der Waals surface area (Å²) < 4.78 is 2.90. The number of aromatic nitrogens is 2. The normalized spacial score (nSPS) is 26.1. The van der Waals surface area contributed by atoms with Gasteiger partial charge in [0.25, 0.3) is 0 Å². The fourth-order valence-electron chi connectivity index (χ4n) is 2.83. The van der Waals surface area contributed by atoms with E-state index >= 15 is 0 Å². The number of rotatable bonds is 1. The van der Waals surface area contributed by atoms with E-state index in [1.165, 1.54) is 25.7 Å². The van der Waals surface area contributed by atoms with Gasteiger partial charge in [-0.05, 0) is 52.9 Å². The summed E-state index contributed by atoms with van der Waals surface area (Å²) in [6.07, 6.45) is 6.75. The van der Waals surface area contributed by atoms with Gasteiger partial charge in [-0.1, -0.05) is 20.8 Å². The van der Waals surface area contributed by atoms with Gasteiger partial charge in [-0.3, -0.25) is 0 Å². The average molecular weight is 300 g/mol. The quantitative estimate of drug-likeness (QED) is 0.851. The van der Waals surface area contributed by atoms with Gasteiger partial charge in [0.05, 0.1) is 16.7 Å². The smallest absolute Gasteiger partial charge is 0.136 e. The molecule has 0 aromatic carbocycles. The van der Waals surface area contributed by atoms with Gasteiger partial charge in [-0.2, -0.15) is 5.10 Å². The zero-order chi connectivity index (χ0) is 12.6. The minimum absolute atomic E-state index is 0.432. The molecule has 0 amide bonds. The van der Waals surface area contributed by atoms with Crippen LogP contribution in [0, 0.1) is 11.3 Å². The van der Waals surface area contributed by atoms with Gasteiger partial charge in [0, 0.05) is 0 Å². The molecule has 1 aromatic heterocycles. The molecule has 2 N–H and O–H groups in total. The van der Waals surface area contributed by atoms with Crippen LogP contribution in [0.5, 0.6) is 0 Å².